The zero-order chi connectivity index (χ0) is 23.3. The van der Waals surface area contributed by atoms with Crippen LogP contribution in [-0.2, 0) is 15.7 Å². The van der Waals surface area contributed by atoms with E-state index in [4.69, 9.17) is 4.74 Å². The number of ether oxygens (including phenoxy) is 1. The summed E-state index contributed by atoms with van der Waals surface area (Å²) < 4.78 is 47.6. The summed E-state index contributed by atoms with van der Waals surface area (Å²) in [4.78, 5) is 15.3. The molecule has 7 nitrogen and oxygen atoms in total. The Morgan fingerprint density at radius 2 is 1.97 bits per heavy atom. The summed E-state index contributed by atoms with van der Waals surface area (Å²) in [6.07, 6.45) is -0.953. The normalized spacial score (nSPS) is 22.1. The maximum atomic E-state index is 13.4. The maximum Gasteiger partial charge on any atom is 0.398 e. The molecular formula is C23H22F3N5O2. The smallest absolute Gasteiger partial charge is 0.379 e. The Balaban J connectivity index is 1.53. The quantitative estimate of drug-likeness (QED) is 0.589. The Bertz CT molecular complexity index is 1280. The molecule has 0 bridgehead atoms. The Kier molecular flexibility index (Phi) is 4.97. The van der Waals surface area contributed by atoms with E-state index in [1.54, 1.807) is 22.9 Å². The van der Waals surface area contributed by atoms with E-state index in [0.29, 0.717) is 36.2 Å². The first-order valence-corrected chi connectivity index (χ1v) is 10.8. The Morgan fingerprint density at radius 3 is 2.58 bits per heavy atom. The Labute approximate surface area is 187 Å². The molecule has 2 N–H and O–H groups in total. The number of hydrogen-bond acceptors (Lipinski definition) is 5. The van der Waals surface area contributed by atoms with Gasteiger partial charge >= 0.3 is 6.18 Å². The van der Waals surface area contributed by atoms with Gasteiger partial charge in [-0.25, -0.2) is 0 Å². The molecule has 3 aromatic rings. The number of nitrogens with one attached hydrogen (secondary N) is 2. The molecule has 1 aromatic carbocycles. The van der Waals surface area contributed by atoms with Crippen LogP contribution >= 0.6 is 0 Å². The van der Waals surface area contributed by atoms with Crippen molar-refractivity contribution in [1.29, 1.82) is 5.26 Å². The van der Waals surface area contributed by atoms with Crippen LogP contribution in [0.2, 0.25) is 0 Å². The fourth-order valence-electron chi connectivity index (χ4n) is 4.76. The van der Waals surface area contributed by atoms with Crippen molar-refractivity contribution >= 4 is 22.4 Å². The van der Waals surface area contributed by atoms with Gasteiger partial charge < -0.3 is 15.0 Å². The molecule has 0 unspecified atom stereocenters. The second-order valence-electron chi connectivity index (χ2n) is 8.83. The predicted octanol–water partition coefficient (Wildman–Crippen LogP) is 4.48. The third-order valence-electron chi connectivity index (χ3n) is 6.76. The van der Waals surface area contributed by atoms with Crippen LogP contribution in [0.4, 0.5) is 24.7 Å². The highest BCUT2D eigenvalue weighted by Crippen LogP contribution is 2.58. The zero-order valence-electron chi connectivity index (χ0n) is 17.7. The summed E-state index contributed by atoms with van der Waals surface area (Å²) >= 11 is 0. The number of H-pyrrole nitrogens is 1. The molecule has 1 atom stereocenters. The van der Waals surface area contributed by atoms with Gasteiger partial charge in [-0.2, -0.15) is 23.5 Å². The number of aromatic amines is 1. The number of aromatic nitrogens is 3. The topological polar surface area (TPSA) is 95.7 Å². The summed E-state index contributed by atoms with van der Waals surface area (Å²) in [6.45, 7) is 0.904. The summed E-state index contributed by atoms with van der Waals surface area (Å²) in [5.41, 5.74) is -1.49. The predicted molar refractivity (Wildman–Crippen MR) is 115 cm³/mol. The van der Waals surface area contributed by atoms with Crippen LogP contribution in [0.25, 0.3) is 10.9 Å². The van der Waals surface area contributed by atoms with E-state index in [1.807, 2.05) is 0 Å². The lowest BCUT2D eigenvalue weighted by Crippen LogP contribution is -2.42. The van der Waals surface area contributed by atoms with Gasteiger partial charge in [0, 0.05) is 18.5 Å². The molecule has 3 heterocycles. The van der Waals surface area contributed by atoms with Crippen molar-refractivity contribution in [3.63, 3.8) is 0 Å². The van der Waals surface area contributed by atoms with E-state index < -0.39 is 17.1 Å². The van der Waals surface area contributed by atoms with Crippen molar-refractivity contribution in [2.24, 2.45) is 0 Å². The standard InChI is InChI=1S/C23H22F3N5O2/c24-23(25,26)22(8-9-22)15-2-4-16(5-3-15)29-19-18-17(6-12-28-20(18)32)31(30-19)21(10-11-27)7-1-13-33-14-21/h2-6,12H,1,7-10,13-14H2,(H,28,32)(H,29,30)/t21-/m0/s1. The fourth-order valence-corrected chi connectivity index (χ4v) is 4.76. The highest BCUT2D eigenvalue weighted by Gasteiger charge is 2.64. The number of rotatable bonds is 5. The van der Waals surface area contributed by atoms with Gasteiger partial charge in [0.05, 0.1) is 35.6 Å². The molecule has 2 fully saturated rings. The molecule has 1 aliphatic carbocycles. The van der Waals surface area contributed by atoms with Crippen molar-refractivity contribution in [2.45, 2.75) is 49.2 Å². The third kappa shape index (κ3) is 3.47. The molecule has 0 amide bonds. The molecule has 33 heavy (non-hydrogen) atoms. The molecule has 0 spiro atoms. The van der Waals surface area contributed by atoms with Gasteiger partial charge in [-0.05, 0) is 49.4 Å². The number of fused-ring (bicyclic) bond motifs is 1. The largest absolute Gasteiger partial charge is 0.398 e. The molecule has 5 rings (SSSR count). The molecule has 2 aliphatic rings. The lowest BCUT2D eigenvalue weighted by Gasteiger charge is -2.35. The maximum absolute atomic E-state index is 13.4. The summed E-state index contributed by atoms with van der Waals surface area (Å²) in [5, 5.41) is 17.5. The van der Waals surface area contributed by atoms with Gasteiger partial charge in [0.2, 0.25) is 0 Å². The number of pyridine rings is 1. The van der Waals surface area contributed by atoms with Gasteiger partial charge in [0.25, 0.3) is 5.56 Å². The summed E-state index contributed by atoms with van der Waals surface area (Å²) in [5.74, 6) is 0.277. The second-order valence-corrected chi connectivity index (χ2v) is 8.83. The molecule has 1 aliphatic heterocycles. The number of anilines is 2. The van der Waals surface area contributed by atoms with E-state index in [1.165, 1.54) is 18.3 Å². The van der Waals surface area contributed by atoms with E-state index >= 15 is 0 Å². The molecule has 1 saturated carbocycles. The zero-order valence-corrected chi connectivity index (χ0v) is 17.7. The molecule has 172 valence electrons. The van der Waals surface area contributed by atoms with Crippen molar-refractivity contribution in [3.8, 4) is 6.07 Å². The van der Waals surface area contributed by atoms with Gasteiger partial charge in [0.15, 0.2) is 5.82 Å². The minimum absolute atomic E-state index is 0.0940. The number of halogens is 3. The van der Waals surface area contributed by atoms with Gasteiger partial charge in [-0.1, -0.05) is 12.1 Å². The number of nitriles is 1. The second kappa shape index (κ2) is 7.63. The third-order valence-corrected chi connectivity index (χ3v) is 6.76. The first-order chi connectivity index (χ1) is 15.8. The van der Waals surface area contributed by atoms with E-state index in [0.717, 1.165) is 6.42 Å². The first-order valence-electron chi connectivity index (χ1n) is 10.8. The van der Waals surface area contributed by atoms with Crippen LogP contribution in [0.5, 0.6) is 0 Å². The van der Waals surface area contributed by atoms with Crippen LogP contribution < -0.4 is 10.9 Å². The molecular weight excluding hydrogens is 435 g/mol. The van der Waals surface area contributed by atoms with Crippen LogP contribution in [0, 0.1) is 11.3 Å². The SMILES string of the molecule is N#CC[C@@]1(n2nc(Nc3ccc(C4(C(F)(F)F)CC4)cc3)c3c(=O)[nH]ccc32)CCCOC1. The average Bonchev–Trinajstić information content (AvgIpc) is 3.53. The lowest BCUT2D eigenvalue weighted by atomic mass is 9.89. The van der Waals surface area contributed by atoms with Gasteiger partial charge in [-0.15, -0.1) is 0 Å². The minimum atomic E-state index is -4.28. The van der Waals surface area contributed by atoms with Crippen molar-refractivity contribution < 1.29 is 17.9 Å². The summed E-state index contributed by atoms with van der Waals surface area (Å²) in [6, 6.07) is 10.0. The van der Waals surface area contributed by atoms with Gasteiger partial charge in [-0.3, -0.25) is 9.48 Å². The average molecular weight is 457 g/mol. The summed E-state index contributed by atoms with van der Waals surface area (Å²) in [7, 11) is 0. The Hall–Kier alpha value is -3.32. The lowest BCUT2D eigenvalue weighted by molar-refractivity contribution is -0.160. The van der Waals surface area contributed by atoms with Crippen LogP contribution in [0.3, 0.4) is 0 Å². The number of nitrogens with zero attached hydrogens (tertiary/aromatic N) is 3. The van der Waals surface area contributed by atoms with E-state index in [2.05, 4.69) is 21.5 Å². The van der Waals surface area contributed by atoms with Crippen LogP contribution in [0.1, 0.15) is 37.7 Å². The molecule has 1 saturated heterocycles. The number of hydrogen-bond donors (Lipinski definition) is 2. The first kappa shape index (κ1) is 21.5. The van der Waals surface area contributed by atoms with E-state index in [9.17, 15) is 23.2 Å². The number of alkyl halides is 3. The van der Waals surface area contributed by atoms with Crippen LogP contribution in [-0.4, -0.2) is 34.2 Å². The monoisotopic (exact) mass is 457 g/mol. The van der Waals surface area contributed by atoms with Crippen molar-refractivity contribution in [1.82, 2.24) is 14.8 Å². The highest BCUT2D eigenvalue weighted by atomic mass is 19.4. The highest BCUT2D eigenvalue weighted by molar-refractivity contribution is 5.91. The van der Waals surface area contributed by atoms with E-state index in [-0.39, 0.29) is 36.2 Å². The molecule has 0 radical (unpaired) electrons. The van der Waals surface area contributed by atoms with Crippen LogP contribution in [0.15, 0.2) is 41.3 Å². The Morgan fingerprint density at radius 1 is 1.21 bits per heavy atom. The number of benzene rings is 1. The molecule has 2 aromatic heterocycles. The van der Waals surface area contributed by atoms with Gasteiger partial charge in [0.1, 0.15) is 5.39 Å². The fraction of sp³-hybridized carbons (Fsp3) is 0.435. The van der Waals surface area contributed by atoms with Crippen molar-refractivity contribution in [2.75, 3.05) is 18.5 Å². The minimum Gasteiger partial charge on any atom is -0.379 e. The van der Waals surface area contributed by atoms with Crippen molar-refractivity contribution in [3.05, 3.63) is 52.4 Å². The molecule has 10 heteroatoms.